The van der Waals surface area contributed by atoms with E-state index in [0.29, 0.717) is 19.4 Å². The molecule has 0 aliphatic rings. The number of nitrogens with zero attached hydrogens (tertiary/aromatic N) is 1. The number of hydrogen-bond acceptors (Lipinski definition) is 2. The molecule has 0 aliphatic carbocycles. The molecule has 0 fully saturated rings. The highest BCUT2D eigenvalue weighted by atomic mass is 16.1. The van der Waals surface area contributed by atoms with Gasteiger partial charge in [-0.25, -0.2) is 0 Å². The summed E-state index contributed by atoms with van der Waals surface area (Å²) in [7, 11) is 0. The lowest BCUT2D eigenvalue weighted by Crippen LogP contribution is -2.26. The summed E-state index contributed by atoms with van der Waals surface area (Å²) in [6, 6.07) is 5.54. The van der Waals surface area contributed by atoms with Crippen molar-refractivity contribution in [3.05, 3.63) is 30.1 Å². The average Bonchev–Trinajstić information content (AvgIpc) is 2.26. The summed E-state index contributed by atoms with van der Waals surface area (Å²) < 4.78 is 0. The second-order valence-electron chi connectivity index (χ2n) is 3.02. The van der Waals surface area contributed by atoms with Crippen LogP contribution in [0.1, 0.15) is 19.0 Å². The van der Waals surface area contributed by atoms with Gasteiger partial charge >= 0.3 is 0 Å². The quantitative estimate of drug-likeness (QED) is 0.588. The Hall–Kier alpha value is -1.82. The zero-order valence-corrected chi connectivity index (χ0v) is 8.79. The van der Waals surface area contributed by atoms with Crippen molar-refractivity contribution in [1.82, 2.24) is 10.3 Å². The van der Waals surface area contributed by atoms with E-state index in [4.69, 9.17) is 0 Å². The van der Waals surface area contributed by atoms with Crippen molar-refractivity contribution in [3.63, 3.8) is 0 Å². The van der Waals surface area contributed by atoms with E-state index in [0.717, 1.165) is 5.69 Å². The summed E-state index contributed by atoms with van der Waals surface area (Å²) in [5, 5.41) is 2.78. The molecule has 0 bridgehead atoms. The molecule has 0 saturated carbocycles. The normalized spacial score (nSPS) is 8.87. The predicted octanol–water partition coefficient (Wildman–Crippen LogP) is 1.15. The fourth-order valence-electron chi connectivity index (χ4n) is 1.12. The topological polar surface area (TPSA) is 42.0 Å². The molecular weight excluding hydrogens is 188 g/mol. The van der Waals surface area contributed by atoms with Crippen LogP contribution < -0.4 is 5.32 Å². The minimum atomic E-state index is -0.00777. The molecule has 1 amide bonds. The van der Waals surface area contributed by atoms with Crippen molar-refractivity contribution in [2.24, 2.45) is 0 Å². The molecule has 3 nitrogen and oxygen atoms in total. The molecule has 0 radical (unpaired) electrons. The van der Waals surface area contributed by atoms with E-state index in [2.05, 4.69) is 22.1 Å². The Morgan fingerprint density at radius 3 is 3.07 bits per heavy atom. The van der Waals surface area contributed by atoms with Gasteiger partial charge in [-0.15, -0.1) is 11.8 Å². The van der Waals surface area contributed by atoms with Crippen LogP contribution in [0.15, 0.2) is 24.4 Å². The first-order valence-corrected chi connectivity index (χ1v) is 4.89. The summed E-state index contributed by atoms with van der Waals surface area (Å²) in [5.41, 5.74) is 0.788. The standard InChI is InChI=1S/C12H14N2O/c1-2-3-5-9-14-12(15)10-11-7-4-6-8-13-11/h4,6-8H,5,9-10H2,1H3,(H,14,15). The predicted molar refractivity (Wildman–Crippen MR) is 59.0 cm³/mol. The molecule has 1 aromatic heterocycles. The molecule has 15 heavy (non-hydrogen) atoms. The third-order valence-electron chi connectivity index (χ3n) is 1.82. The first kappa shape index (κ1) is 11.3. The van der Waals surface area contributed by atoms with Crippen LogP contribution in [0.4, 0.5) is 0 Å². The van der Waals surface area contributed by atoms with Gasteiger partial charge in [0.05, 0.1) is 6.42 Å². The van der Waals surface area contributed by atoms with Crippen molar-refractivity contribution >= 4 is 5.91 Å². The van der Waals surface area contributed by atoms with E-state index in [1.165, 1.54) is 0 Å². The lowest BCUT2D eigenvalue weighted by atomic mass is 10.2. The molecule has 1 rings (SSSR count). The lowest BCUT2D eigenvalue weighted by molar-refractivity contribution is -0.120. The van der Waals surface area contributed by atoms with Crippen LogP contribution in [-0.4, -0.2) is 17.4 Å². The summed E-state index contributed by atoms with van der Waals surface area (Å²) >= 11 is 0. The summed E-state index contributed by atoms with van der Waals surface area (Å²) in [6.07, 6.45) is 2.72. The highest BCUT2D eigenvalue weighted by Crippen LogP contribution is 1.94. The third-order valence-corrected chi connectivity index (χ3v) is 1.82. The van der Waals surface area contributed by atoms with E-state index in [1.54, 1.807) is 13.1 Å². The summed E-state index contributed by atoms with van der Waals surface area (Å²) in [4.78, 5) is 15.5. The largest absolute Gasteiger partial charge is 0.355 e. The van der Waals surface area contributed by atoms with E-state index in [9.17, 15) is 4.79 Å². The second-order valence-corrected chi connectivity index (χ2v) is 3.02. The Kier molecular flexibility index (Phi) is 4.96. The maximum Gasteiger partial charge on any atom is 0.226 e. The van der Waals surface area contributed by atoms with Gasteiger partial charge < -0.3 is 5.32 Å². The Bertz CT molecular complexity index is 362. The van der Waals surface area contributed by atoms with Crippen LogP contribution in [0.25, 0.3) is 0 Å². The molecule has 78 valence electrons. The highest BCUT2D eigenvalue weighted by molar-refractivity contribution is 5.78. The molecule has 0 aliphatic heterocycles. The van der Waals surface area contributed by atoms with Gasteiger partial charge in [-0.3, -0.25) is 9.78 Å². The zero-order chi connectivity index (χ0) is 10.9. The molecule has 0 saturated heterocycles. The van der Waals surface area contributed by atoms with Gasteiger partial charge in [-0.2, -0.15) is 0 Å². The van der Waals surface area contributed by atoms with Crippen LogP contribution >= 0.6 is 0 Å². The first-order valence-electron chi connectivity index (χ1n) is 4.89. The molecule has 0 atom stereocenters. The average molecular weight is 202 g/mol. The van der Waals surface area contributed by atoms with Crippen molar-refractivity contribution < 1.29 is 4.79 Å². The Morgan fingerprint density at radius 2 is 2.40 bits per heavy atom. The maximum atomic E-state index is 11.4. The number of carbonyl (C=O) groups is 1. The summed E-state index contributed by atoms with van der Waals surface area (Å²) in [5.74, 6) is 5.66. The SMILES string of the molecule is CC#CCCNC(=O)Cc1ccccn1. The summed E-state index contributed by atoms with van der Waals surface area (Å²) in [6.45, 7) is 2.39. The van der Waals surface area contributed by atoms with Gasteiger partial charge in [0.25, 0.3) is 0 Å². The fourth-order valence-corrected chi connectivity index (χ4v) is 1.12. The van der Waals surface area contributed by atoms with Crippen molar-refractivity contribution in [3.8, 4) is 11.8 Å². The monoisotopic (exact) mass is 202 g/mol. The number of pyridine rings is 1. The minimum absolute atomic E-state index is 0.00777. The van der Waals surface area contributed by atoms with E-state index < -0.39 is 0 Å². The molecule has 1 N–H and O–H groups in total. The molecule has 1 heterocycles. The Morgan fingerprint density at radius 1 is 1.53 bits per heavy atom. The van der Waals surface area contributed by atoms with Crippen LogP contribution in [0.3, 0.4) is 0 Å². The molecule has 3 heteroatoms. The maximum absolute atomic E-state index is 11.4. The smallest absolute Gasteiger partial charge is 0.226 e. The number of nitrogens with one attached hydrogen (secondary N) is 1. The lowest BCUT2D eigenvalue weighted by Gasteiger charge is -2.01. The van der Waals surface area contributed by atoms with Crippen LogP contribution in [0.2, 0.25) is 0 Å². The second kappa shape index (κ2) is 6.61. The Labute approximate surface area is 89.9 Å². The van der Waals surface area contributed by atoms with Crippen molar-refractivity contribution in [1.29, 1.82) is 0 Å². The van der Waals surface area contributed by atoms with Gasteiger partial charge in [-0.05, 0) is 19.1 Å². The number of rotatable bonds is 4. The van der Waals surface area contributed by atoms with Gasteiger partial charge in [-0.1, -0.05) is 6.07 Å². The first-order chi connectivity index (χ1) is 7.33. The Balaban J connectivity index is 2.27. The van der Waals surface area contributed by atoms with Crippen molar-refractivity contribution in [2.75, 3.05) is 6.54 Å². The highest BCUT2D eigenvalue weighted by Gasteiger charge is 2.01. The van der Waals surface area contributed by atoms with Gasteiger partial charge in [0, 0.05) is 24.9 Å². The van der Waals surface area contributed by atoms with Crippen LogP contribution in [-0.2, 0) is 11.2 Å². The molecule has 0 unspecified atom stereocenters. The molecule has 1 aromatic rings. The van der Waals surface area contributed by atoms with Crippen LogP contribution in [0, 0.1) is 11.8 Å². The van der Waals surface area contributed by atoms with E-state index in [-0.39, 0.29) is 5.91 Å². The number of carbonyl (C=O) groups excluding carboxylic acids is 1. The number of aromatic nitrogens is 1. The molecule has 0 aromatic carbocycles. The molecule has 0 spiro atoms. The fraction of sp³-hybridized carbons (Fsp3) is 0.333. The third kappa shape index (κ3) is 4.82. The van der Waals surface area contributed by atoms with Crippen molar-refractivity contribution in [2.45, 2.75) is 19.8 Å². The van der Waals surface area contributed by atoms with Crippen LogP contribution in [0.5, 0.6) is 0 Å². The van der Waals surface area contributed by atoms with E-state index >= 15 is 0 Å². The number of hydrogen-bond donors (Lipinski definition) is 1. The van der Waals surface area contributed by atoms with Gasteiger partial charge in [0.15, 0.2) is 0 Å². The number of amides is 1. The van der Waals surface area contributed by atoms with E-state index in [1.807, 2.05) is 18.2 Å². The van der Waals surface area contributed by atoms with Gasteiger partial charge in [0.2, 0.25) is 5.91 Å². The molecular formula is C12H14N2O. The minimum Gasteiger partial charge on any atom is -0.355 e. The zero-order valence-electron chi connectivity index (χ0n) is 8.79. The van der Waals surface area contributed by atoms with Gasteiger partial charge in [0.1, 0.15) is 0 Å².